The summed E-state index contributed by atoms with van der Waals surface area (Å²) in [5.41, 5.74) is 0.0124. The molecular formula is C16H20N4O5. The molecule has 134 valence electrons. The summed E-state index contributed by atoms with van der Waals surface area (Å²) in [5, 5.41) is 13.6. The second kappa shape index (κ2) is 7.47. The minimum Gasteiger partial charge on any atom is -0.368 e. The Morgan fingerprint density at radius 2 is 1.84 bits per heavy atom. The lowest BCUT2D eigenvalue weighted by Gasteiger charge is -2.35. The zero-order valence-corrected chi connectivity index (χ0v) is 13.7. The highest BCUT2D eigenvalue weighted by Gasteiger charge is 2.31. The third-order valence-electron chi connectivity index (χ3n) is 4.43. The number of hydrogen-bond acceptors (Lipinski definition) is 5. The molecule has 0 radical (unpaired) electrons. The number of urea groups is 1. The number of hydrogen-bond donors (Lipinski definition) is 1. The molecule has 1 aromatic carbocycles. The first-order chi connectivity index (χ1) is 12.1. The standard InChI is InChI=1S/C16H20N4O5/c21-15(14-6-3-11-25-14)18-7-9-19(10-8-18)16(22)17-12-4-1-2-5-13(12)20(23)24/h1-2,4-5,14H,3,6-11H2,(H,17,22)/t14-/m1/s1. The predicted molar refractivity (Wildman–Crippen MR) is 89.2 cm³/mol. The van der Waals surface area contributed by atoms with E-state index >= 15 is 0 Å². The van der Waals surface area contributed by atoms with Crippen LogP contribution in [0.25, 0.3) is 0 Å². The third-order valence-corrected chi connectivity index (χ3v) is 4.43. The van der Waals surface area contributed by atoms with E-state index in [4.69, 9.17) is 4.74 Å². The number of ether oxygens (including phenoxy) is 1. The van der Waals surface area contributed by atoms with Crippen molar-refractivity contribution >= 4 is 23.3 Å². The highest BCUT2D eigenvalue weighted by Crippen LogP contribution is 2.23. The maximum Gasteiger partial charge on any atom is 0.322 e. The molecule has 9 nitrogen and oxygen atoms in total. The maximum absolute atomic E-state index is 12.3. The molecule has 3 amide bonds. The van der Waals surface area contributed by atoms with E-state index in [-0.39, 0.29) is 23.4 Å². The summed E-state index contributed by atoms with van der Waals surface area (Å²) in [5.74, 6) is -0.0174. The largest absolute Gasteiger partial charge is 0.368 e. The molecule has 0 saturated carbocycles. The number of nitro groups is 1. The first-order valence-electron chi connectivity index (χ1n) is 8.26. The number of carbonyl (C=O) groups excluding carboxylic acids is 2. The molecule has 25 heavy (non-hydrogen) atoms. The van der Waals surface area contributed by atoms with Crippen LogP contribution in [0.2, 0.25) is 0 Å². The van der Waals surface area contributed by atoms with Gasteiger partial charge in [0.2, 0.25) is 0 Å². The van der Waals surface area contributed by atoms with Crippen molar-refractivity contribution in [1.82, 2.24) is 9.80 Å². The minimum atomic E-state index is -0.534. The number of benzene rings is 1. The van der Waals surface area contributed by atoms with Gasteiger partial charge >= 0.3 is 6.03 Å². The maximum atomic E-state index is 12.3. The van der Waals surface area contributed by atoms with Crippen molar-refractivity contribution in [2.24, 2.45) is 0 Å². The number of para-hydroxylation sites is 2. The van der Waals surface area contributed by atoms with Crippen molar-refractivity contribution in [1.29, 1.82) is 0 Å². The molecule has 0 aromatic heterocycles. The average Bonchev–Trinajstić information content (AvgIpc) is 3.16. The van der Waals surface area contributed by atoms with Crippen molar-refractivity contribution in [2.75, 3.05) is 38.1 Å². The smallest absolute Gasteiger partial charge is 0.322 e. The minimum absolute atomic E-state index is 0.0174. The fourth-order valence-corrected chi connectivity index (χ4v) is 3.04. The molecule has 2 aliphatic rings. The molecular weight excluding hydrogens is 328 g/mol. The Hall–Kier alpha value is -2.68. The highest BCUT2D eigenvalue weighted by atomic mass is 16.6. The molecule has 9 heteroatoms. The van der Waals surface area contributed by atoms with E-state index in [9.17, 15) is 19.7 Å². The van der Waals surface area contributed by atoms with Gasteiger partial charge in [0.15, 0.2) is 0 Å². The summed E-state index contributed by atoms with van der Waals surface area (Å²) in [4.78, 5) is 38.4. The van der Waals surface area contributed by atoms with Gasteiger partial charge < -0.3 is 19.9 Å². The van der Waals surface area contributed by atoms with Crippen molar-refractivity contribution in [3.05, 3.63) is 34.4 Å². The Morgan fingerprint density at radius 3 is 2.48 bits per heavy atom. The molecule has 2 heterocycles. The number of amides is 3. The van der Waals surface area contributed by atoms with Crippen LogP contribution in [0, 0.1) is 10.1 Å². The van der Waals surface area contributed by atoms with E-state index in [2.05, 4.69) is 5.32 Å². The second-order valence-corrected chi connectivity index (χ2v) is 6.02. The van der Waals surface area contributed by atoms with Crippen LogP contribution in [0.4, 0.5) is 16.2 Å². The van der Waals surface area contributed by atoms with E-state index in [0.29, 0.717) is 32.8 Å². The molecule has 1 aromatic rings. The molecule has 0 unspecified atom stereocenters. The predicted octanol–water partition coefficient (Wildman–Crippen LogP) is 1.45. The Morgan fingerprint density at radius 1 is 1.16 bits per heavy atom. The van der Waals surface area contributed by atoms with E-state index in [1.807, 2.05) is 0 Å². The molecule has 2 aliphatic heterocycles. The van der Waals surface area contributed by atoms with Crippen LogP contribution in [0.5, 0.6) is 0 Å². The van der Waals surface area contributed by atoms with Crippen molar-refractivity contribution in [3.63, 3.8) is 0 Å². The normalized spacial score (nSPS) is 20.4. The van der Waals surface area contributed by atoms with Crippen LogP contribution in [0.3, 0.4) is 0 Å². The molecule has 0 aliphatic carbocycles. The van der Waals surface area contributed by atoms with Gasteiger partial charge in [-0.05, 0) is 18.9 Å². The summed E-state index contributed by atoms with van der Waals surface area (Å²) in [6.07, 6.45) is 1.29. The van der Waals surface area contributed by atoms with Gasteiger partial charge in [-0.2, -0.15) is 0 Å². The Kier molecular flexibility index (Phi) is 5.13. The SMILES string of the molecule is O=C(Nc1ccccc1[N+](=O)[O-])N1CCN(C(=O)[C@H]2CCCO2)CC1. The van der Waals surface area contributed by atoms with Gasteiger partial charge in [-0.15, -0.1) is 0 Å². The molecule has 2 fully saturated rings. The van der Waals surface area contributed by atoms with Crippen molar-refractivity contribution in [2.45, 2.75) is 18.9 Å². The van der Waals surface area contributed by atoms with Crippen molar-refractivity contribution < 1.29 is 19.2 Å². The van der Waals surface area contributed by atoms with Gasteiger partial charge in [0.05, 0.1) is 4.92 Å². The van der Waals surface area contributed by atoms with Gasteiger partial charge in [0.25, 0.3) is 11.6 Å². The zero-order valence-electron chi connectivity index (χ0n) is 13.7. The lowest BCUT2D eigenvalue weighted by Crippen LogP contribution is -2.53. The van der Waals surface area contributed by atoms with Crippen LogP contribution in [-0.4, -0.2) is 65.6 Å². The fraction of sp³-hybridized carbons (Fsp3) is 0.500. The third kappa shape index (κ3) is 3.87. The lowest BCUT2D eigenvalue weighted by atomic mass is 10.2. The first kappa shape index (κ1) is 17.2. The number of anilines is 1. The zero-order chi connectivity index (χ0) is 17.8. The monoisotopic (exact) mass is 348 g/mol. The number of rotatable bonds is 3. The van der Waals surface area contributed by atoms with E-state index in [0.717, 1.165) is 12.8 Å². The van der Waals surface area contributed by atoms with Crippen LogP contribution in [0.15, 0.2) is 24.3 Å². The van der Waals surface area contributed by atoms with Crippen molar-refractivity contribution in [3.8, 4) is 0 Å². The number of nitrogens with zero attached hydrogens (tertiary/aromatic N) is 3. The molecule has 1 atom stereocenters. The average molecular weight is 348 g/mol. The van der Waals surface area contributed by atoms with E-state index < -0.39 is 11.0 Å². The van der Waals surface area contributed by atoms with Crippen LogP contribution >= 0.6 is 0 Å². The number of carbonyl (C=O) groups is 2. The lowest BCUT2D eigenvalue weighted by molar-refractivity contribution is -0.383. The Bertz CT molecular complexity index is 666. The molecule has 2 saturated heterocycles. The number of nitrogens with one attached hydrogen (secondary N) is 1. The fourth-order valence-electron chi connectivity index (χ4n) is 3.04. The summed E-state index contributed by atoms with van der Waals surface area (Å²) in [6.45, 7) is 2.25. The molecule has 0 bridgehead atoms. The van der Waals surface area contributed by atoms with Gasteiger partial charge in [-0.3, -0.25) is 14.9 Å². The first-order valence-corrected chi connectivity index (χ1v) is 8.26. The summed E-state index contributed by atoms with van der Waals surface area (Å²) < 4.78 is 5.41. The van der Waals surface area contributed by atoms with Gasteiger partial charge in [0.1, 0.15) is 11.8 Å². The van der Waals surface area contributed by atoms with Crippen LogP contribution in [-0.2, 0) is 9.53 Å². The Balaban J connectivity index is 1.55. The molecule has 0 spiro atoms. The molecule has 3 rings (SSSR count). The van der Waals surface area contributed by atoms with Gasteiger partial charge in [-0.25, -0.2) is 4.79 Å². The van der Waals surface area contributed by atoms with Gasteiger partial charge in [-0.1, -0.05) is 12.1 Å². The second-order valence-electron chi connectivity index (χ2n) is 6.02. The van der Waals surface area contributed by atoms with Crippen LogP contribution < -0.4 is 5.32 Å². The Labute approximate surface area is 144 Å². The van der Waals surface area contributed by atoms with E-state index in [1.54, 1.807) is 21.9 Å². The number of piperazine rings is 1. The van der Waals surface area contributed by atoms with Crippen LogP contribution in [0.1, 0.15) is 12.8 Å². The van der Waals surface area contributed by atoms with Gasteiger partial charge in [0, 0.05) is 38.9 Å². The van der Waals surface area contributed by atoms with E-state index in [1.165, 1.54) is 12.1 Å². The highest BCUT2D eigenvalue weighted by molar-refractivity contribution is 5.92. The molecule has 1 N–H and O–H groups in total. The quantitative estimate of drug-likeness (QED) is 0.657. The number of nitro benzene ring substituents is 1. The summed E-state index contributed by atoms with van der Waals surface area (Å²) in [7, 11) is 0. The topological polar surface area (TPSA) is 105 Å². The summed E-state index contributed by atoms with van der Waals surface area (Å²) >= 11 is 0. The summed E-state index contributed by atoms with van der Waals surface area (Å²) in [6, 6.07) is 5.60.